The first-order chi connectivity index (χ1) is 9.06. The minimum absolute atomic E-state index is 0.278. The number of halogens is 4. The van der Waals surface area contributed by atoms with Crippen molar-refractivity contribution < 1.29 is 13.5 Å². The highest BCUT2D eigenvalue weighted by molar-refractivity contribution is 14.1. The molecule has 0 aliphatic heterocycles. The van der Waals surface area contributed by atoms with E-state index in [2.05, 4.69) is 45.2 Å². The van der Waals surface area contributed by atoms with Gasteiger partial charge in [0.1, 0.15) is 11.6 Å². The molecule has 0 fully saturated rings. The molecule has 0 saturated heterocycles. The Kier molecular flexibility index (Phi) is 5.52. The monoisotopic (exact) mass is 486 g/mol. The Morgan fingerprint density at radius 2 is 1.21 bits per heavy atom. The van der Waals surface area contributed by atoms with Crippen LogP contribution in [-0.4, -0.2) is 0 Å². The number of ether oxygens (including phenoxy) is 1. The Hall–Kier alpha value is -0.280. The molecule has 5 heteroatoms. The molecule has 0 aliphatic carbocycles. The highest BCUT2D eigenvalue weighted by atomic mass is 127. The van der Waals surface area contributed by atoms with Crippen LogP contribution in [0.15, 0.2) is 36.4 Å². The molecule has 0 heterocycles. The van der Waals surface area contributed by atoms with Gasteiger partial charge >= 0.3 is 0 Å². The maximum atomic E-state index is 13.1. The van der Waals surface area contributed by atoms with E-state index in [1.807, 2.05) is 0 Å². The van der Waals surface area contributed by atoms with Crippen molar-refractivity contribution in [1.82, 2.24) is 0 Å². The van der Waals surface area contributed by atoms with Crippen LogP contribution in [0.4, 0.5) is 8.78 Å². The number of hydrogen-bond acceptors (Lipinski definition) is 1. The standard InChI is InChI=1S/C14H10F2I2O/c15-11-1-3-13(17)9(5-11)7-19-8-10-6-12(16)2-4-14(10)18/h1-6H,7-8H2. The summed E-state index contributed by atoms with van der Waals surface area (Å²) in [6, 6.07) is 9.17. The highest BCUT2D eigenvalue weighted by Crippen LogP contribution is 2.18. The Bertz CT molecular complexity index is 536. The van der Waals surface area contributed by atoms with E-state index in [-0.39, 0.29) is 11.6 Å². The largest absolute Gasteiger partial charge is 0.372 e. The summed E-state index contributed by atoms with van der Waals surface area (Å²) in [7, 11) is 0. The van der Waals surface area contributed by atoms with Gasteiger partial charge in [0.2, 0.25) is 0 Å². The smallest absolute Gasteiger partial charge is 0.123 e. The summed E-state index contributed by atoms with van der Waals surface area (Å²) in [5.41, 5.74) is 1.60. The molecule has 0 saturated carbocycles. The predicted molar refractivity (Wildman–Crippen MR) is 86.7 cm³/mol. The molecule has 0 amide bonds. The van der Waals surface area contributed by atoms with Crippen LogP contribution in [0.25, 0.3) is 0 Å². The zero-order valence-electron chi connectivity index (χ0n) is 9.80. The third kappa shape index (κ3) is 4.35. The van der Waals surface area contributed by atoms with Crippen molar-refractivity contribution >= 4 is 45.2 Å². The molecule has 1 nitrogen and oxygen atoms in total. The Morgan fingerprint density at radius 1 is 0.789 bits per heavy atom. The first kappa shape index (κ1) is 15.1. The molecule has 0 bridgehead atoms. The normalized spacial score (nSPS) is 10.7. The van der Waals surface area contributed by atoms with Crippen molar-refractivity contribution in [2.75, 3.05) is 0 Å². The fourth-order valence-electron chi connectivity index (χ4n) is 1.58. The molecule has 19 heavy (non-hydrogen) atoms. The molecule has 0 unspecified atom stereocenters. The Morgan fingerprint density at radius 3 is 1.63 bits per heavy atom. The zero-order valence-corrected chi connectivity index (χ0v) is 14.1. The van der Waals surface area contributed by atoms with Crippen LogP contribution in [0, 0.1) is 18.8 Å². The summed E-state index contributed by atoms with van der Waals surface area (Å²) in [6.07, 6.45) is 0. The molecule has 100 valence electrons. The van der Waals surface area contributed by atoms with Crippen LogP contribution in [0.1, 0.15) is 11.1 Å². The molecule has 0 atom stereocenters. The SMILES string of the molecule is Fc1ccc(I)c(COCc2cc(F)ccc2I)c1. The van der Waals surface area contributed by atoms with E-state index >= 15 is 0 Å². The topological polar surface area (TPSA) is 9.23 Å². The number of rotatable bonds is 4. The third-order valence-electron chi connectivity index (χ3n) is 2.53. The number of benzene rings is 2. The van der Waals surface area contributed by atoms with E-state index in [1.54, 1.807) is 12.1 Å². The van der Waals surface area contributed by atoms with Crippen molar-refractivity contribution in [3.05, 3.63) is 66.3 Å². The van der Waals surface area contributed by atoms with E-state index < -0.39 is 0 Å². The van der Waals surface area contributed by atoms with E-state index in [0.717, 1.165) is 18.3 Å². The molecular weight excluding hydrogens is 476 g/mol. The summed E-state index contributed by atoms with van der Waals surface area (Å²) in [5, 5.41) is 0. The van der Waals surface area contributed by atoms with E-state index in [1.165, 1.54) is 24.3 Å². The van der Waals surface area contributed by atoms with E-state index in [4.69, 9.17) is 4.74 Å². The molecule has 0 aromatic heterocycles. The van der Waals surface area contributed by atoms with Crippen LogP contribution in [0.3, 0.4) is 0 Å². The van der Waals surface area contributed by atoms with Crippen LogP contribution >= 0.6 is 45.2 Å². The Labute approximate surface area is 137 Å². The molecule has 2 aromatic carbocycles. The van der Waals surface area contributed by atoms with Gasteiger partial charge in [0, 0.05) is 7.14 Å². The van der Waals surface area contributed by atoms with Crippen molar-refractivity contribution in [3.63, 3.8) is 0 Å². The quantitative estimate of drug-likeness (QED) is 0.560. The van der Waals surface area contributed by atoms with Gasteiger partial charge in [-0.05, 0) is 92.7 Å². The average Bonchev–Trinajstić information content (AvgIpc) is 2.38. The van der Waals surface area contributed by atoms with Crippen molar-refractivity contribution in [1.29, 1.82) is 0 Å². The van der Waals surface area contributed by atoms with Crippen molar-refractivity contribution in [2.45, 2.75) is 13.2 Å². The highest BCUT2D eigenvalue weighted by Gasteiger charge is 2.05. The van der Waals surface area contributed by atoms with Gasteiger partial charge < -0.3 is 4.74 Å². The van der Waals surface area contributed by atoms with Gasteiger partial charge in [-0.3, -0.25) is 0 Å². The van der Waals surface area contributed by atoms with Gasteiger partial charge in [-0.15, -0.1) is 0 Å². The van der Waals surface area contributed by atoms with E-state index in [9.17, 15) is 8.78 Å². The summed E-state index contributed by atoms with van der Waals surface area (Å²) < 4.78 is 33.6. The van der Waals surface area contributed by atoms with Gasteiger partial charge in [-0.1, -0.05) is 0 Å². The maximum absolute atomic E-state index is 13.1. The lowest BCUT2D eigenvalue weighted by atomic mass is 10.2. The molecule has 2 aromatic rings. The minimum atomic E-state index is -0.278. The minimum Gasteiger partial charge on any atom is -0.372 e. The lowest BCUT2D eigenvalue weighted by Gasteiger charge is -2.08. The predicted octanol–water partition coefficient (Wildman–Crippen LogP) is 4.89. The summed E-state index contributed by atoms with van der Waals surface area (Å²) in [4.78, 5) is 0. The zero-order chi connectivity index (χ0) is 13.8. The van der Waals surface area contributed by atoms with Gasteiger partial charge in [0.05, 0.1) is 13.2 Å². The Balaban J connectivity index is 2.00. The molecular formula is C14H10F2I2O. The lowest BCUT2D eigenvalue weighted by molar-refractivity contribution is 0.106. The molecule has 0 aliphatic rings. The summed E-state index contributed by atoms with van der Waals surface area (Å²) in [6.45, 7) is 0.616. The average molecular weight is 486 g/mol. The fourth-order valence-corrected chi connectivity index (χ4v) is 2.56. The summed E-state index contributed by atoms with van der Waals surface area (Å²) >= 11 is 4.27. The second-order valence-corrected chi connectivity index (χ2v) is 6.29. The van der Waals surface area contributed by atoms with Crippen LogP contribution in [-0.2, 0) is 18.0 Å². The van der Waals surface area contributed by atoms with Gasteiger partial charge in [-0.2, -0.15) is 0 Å². The van der Waals surface area contributed by atoms with Gasteiger partial charge in [0.15, 0.2) is 0 Å². The fraction of sp³-hybridized carbons (Fsp3) is 0.143. The molecule has 2 rings (SSSR count). The lowest BCUT2D eigenvalue weighted by Crippen LogP contribution is -1.99. The second kappa shape index (κ2) is 6.94. The van der Waals surface area contributed by atoms with E-state index in [0.29, 0.717) is 13.2 Å². The number of hydrogen-bond donors (Lipinski definition) is 0. The van der Waals surface area contributed by atoms with Crippen LogP contribution in [0.5, 0.6) is 0 Å². The molecule has 0 radical (unpaired) electrons. The first-order valence-corrected chi connectivity index (χ1v) is 7.67. The summed E-state index contributed by atoms with van der Waals surface area (Å²) in [5.74, 6) is -0.557. The van der Waals surface area contributed by atoms with Crippen molar-refractivity contribution in [2.24, 2.45) is 0 Å². The molecule has 0 spiro atoms. The maximum Gasteiger partial charge on any atom is 0.123 e. The van der Waals surface area contributed by atoms with Gasteiger partial charge in [-0.25, -0.2) is 8.78 Å². The van der Waals surface area contributed by atoms with Crippen LogP contribution in [0.2, 0.25) is 0 Å². The van der Waals surface area contributed by atoms with Crippen LogP contribution < -0.4 is 0 Å². The first-order valence-electron chi connectivity index (χ1n) is 5.52. The second-order valence-electron chi connectivity index (χ2n) is 3.96. The van der Waals surface area contributed by atoms with Crippen molar-refractivity contribution in [3.8, 4) is 0 Å². The third-order valence-corrected chi connectivity index (χ3v) is 4.64. The molecule has 0 N–H and O–H groups in total. The van der Waals surface area contributed by atoms with Gasteiger partial charge in [0.25, 0.3) is 0 Å².